The zero-order chi connectivity index (χ0) is 12.3. The number of alkyl halides is 2. The van der Waals surface area contributed by atoms with Crippen LogP contribution < -0.4 is 4.90 Å². The third-order valence-corrected chi connectivity index (χ3v) is 3.15. The molecule has 1 heterocycles. The van der Waals surface area contributed by atoms with Gasteiger partial charge in [0.05, 0.1) is 12.2 Å². The van der Waals surface area contributed by atoms with Crippen molar-refractivity contribution < 1.29 is 18.7 Å². The van der Waals surface area contributed by atoms with Crippen LogP contribution in [0.2, 0.25) is 0 Å². The van der Waals surface area contributed by atoms with Gasteiger partial charge in [0.2, 0.25) is 0 Å². The Hall–Kier alpha value is -1.24. The van der Waals surface area contributed by atoms with Crippen molar-refractivity contribution in [2.24, 2.45) is 0 Å². The molecule has 0 spiro atoms. The number of halogens is 2. The van der Waals surface area contributed by atoms with Gasteiger partial charge in [-0.1, -0.05) is 18.3 Å². The highest BCUT2D eigenvalue weighted by atomic mass is 32.1. The van der Waals surface area contributed by atoms with E-state index >= 15 is 0 Å². The van der Waals surface area contributed by atoms with Crippen molar-refractivity contribution in [1.29, 1.82) is 0 Å². The van der Waals surface area contributed by atoms with Crippen molar-refractivity contribution in [1.82, 2.24) is 4.98 Å². The van der Waals surface area contributed by atoms with Crippen molar-refractivity contribution in [3.05, 3.63) is 10.6 Å². The first-order valence-corrected chi connectivity index (χ1v) is 5.49. The Morgan fingerprint density at radius 1 is 1.62 bits per heavy atom. The number of aryl methyl sites for hydroxylation is 1. The minimum Gasteiger partial charge on any atom is -0.477 e. The van der Waals surface area contributed by atoms with Gasteiger partial charge in [0.25, 0.3) is 6.43 Å². The molecule has 0 aliphatic carbocycles. The molecule has 4 nitrogen and oxygen atoms in total. The van der Waals surface area contributed by atoms with Crippen molar-refractivity contribution in [3.63, 3.8) is 0 Å². The summed E-state index contributed by atoms with van der Waals surface area (Å²) in [5.41, 5.74) is 0.439. The minimum atomic E-state index is -2.47. The number of carboxylic acid groups (broad SMARTS) is 1. The fourth-order valence-corrected chi connectivity index (χ4v) is 2.16. The predicted molar refractivity (Wildman–Crippen MR) is 57.7 cm³/mol. The van der Waals surface area contributed by atoms with Crippen LogP contribution in [0.5, 0.6) is 0 Å². The molecule has 1 rings (SSSR count). The summed E-state index contributed by atoms with van der Waals surface area (Å²) < 4.78 is 24.3. The number of nitrogens with zero attached hydrogens (tertiary/aromatic N) is 2. The van der Waals surface area contributed by atoms with Crippen LogP contribution in [0.1, 0.15) is 22.3 Å². The van der Waals surface area contributed by atoms with Gasteiger partial charge in [-0.05, 0) is 6.42 Å². The van der Waals surface area contributed by atoms with Gasteiger partial charge in [-0.3, -0.25) is 0 Å². The summed E-state index contributed by atoms with van der Waals surface area (Å²) in [6.45, 7) is 1.33. The Kier molecular flexibility index (Phi) is 4.17. The standard InChI is InChI=1S/C9H12F2N2O2S/c1-3-5-7(8(14)15)16-9(12-5)13(2)4-6(10)11/h6H,3-4H2,1-2H3,(H,14,15). The number of thiazole rings is 1. The topological polar surface area (TPSA) is 53.4 Å². The minimum absolute atomic E-state index is 0.124. The lowest BCUT2D eigenvalue weighted by molar-refractivity contribution is 0.0700. The van der Waals surface area contributed by atoms with Crippen LogP contribution in [-0.2, 0) is 6.42 Å². The van der Waals surface area contributed by atoms with Crippen molar-refractivity contribution in [2.45, 2.75) is 19.8 Å². The SMILES string of the molecule is CCc1nc(N(C)CC(F)F)sc1C(=O)O. The first kappa shape index (κ1) is 12.8. The summed E-state index contributed by atoms with van der Waals surface area (Å²) in [6, 6.07) is 0. The maximum Gasteiger partial charge on any atom is 0.347 e. The molecule has 0 aliphatic rings. The number of carbonyl (C=O) groups is 1. The average Bonchev–Trinajstić information content (AvgIpc) is 2.60. The Labute approximate surface area is 95.5 Å². The van der Waals surface area contributed by atoms with Crippen molar-refractivity contribution in [3.8, 4) is 0 Å². The highest BCUT2D eigenvalue weighted by Crippen LogP contribution is 2.26. The summed E-state index contributed by atoms with van der Waals surface area (Å²) in [7, 11) is 1.47. The Morgan fingerprint density at radius 2 is 2.25 bits per heavy atom. The van der Waals surface area contributed by atoms with E-state index in [1.807, 2.05) is 0 Å². The molecular weight excluding hydrogens is 238 g/mol. The van der Waals surface area contributed by atoms with E-state index in [9.17, 15) is 13.6 Å². The molecule has 7 heteroatoms. The Bertz CT molecular complexity index is 382. The molecule has 0 aromatic carbocycles. The zero-order valence-corrected chi connectivity index (χ0v) is 9.72. The van der Waals surface area contributed by atoms with Gasteiger partial charge < -0.3 is 10.0 Å². The average molecular weight is 250 g/mol. The number of anilines is 1. The summed E-state index contributed by atoms with van der Waals surface area (Å²) in [5, 5.41) is 9.19. The van der Waals surface area contributed by atoms with Gasteiger partial charge in [0.15, 0.2) is 5.13 Å². The molecule has 1 aromatic heterocycles. The molecule has 16 heavy (non-hydrogen) atoms. The van der Waals surface area contributed by atoms with E-state index < -0.39 is 18.9 Å². The van der Waals surface area contributed by atoms with Crippen LogP contribution >= 0.6 is 11.3 Å². The van der Waals surface area contributed by atoms with Crippen LogP contribution in [0, 0.1) is 0 Å². The summed E-state index contributed by atoms with van der Waals surface area (Å²) in [5.74, 6) is -1.06. The molecule has 0 atom stereocenters. The highest BCUT2D eigenvalue weighted by Gasteiger charge is 2.19. The van der Waals surface area contributed by atoms with E-state index in [2.05, 4.69) is 4.98 Å². The smallest absolute Gasteiger partial charge is 0.347 e. The normalized spacial score (nSPS) is 10.8. The van der Waals surface area contributed by atoms with Crippen molar-refractivity contribution in [2.75, 3.05) is 18.5 Å². The molecule has 0 bridgehead atoms. The molecule has 0 radical (unpaired) electrons. The molecule has 0 saturated heterocycles. The van der Waals surface area contributed by atoms with Gasteiger partial charge in [-0.25, -0.2) is 18.6 Å². The van der Waals surface area contributed by atoms with Crippen LogP contribution in [0.25, 0.3) is 0 Å². The molecule has 0 saturated carbocycles. The fraction of sp³-hybridized carbons (Fsp3) is 0.556. The van der Waals surface area contributed by atoms with Crippen molar-refractivity contribution >= 4 is 22.4 Å². The predicted octanol–water partition coefficient (Wildman–Crippen LogP) is 2.10. The first-order valence-electron chi connectivity index (χ1n) is 4.68. The monoisotopic (exact) mass is 250 g/mol. The Balaban J connectivity index is 2.94. The second kappa shape index (κ2) is 5.20. The molecule has 1 aromatic rings. The zero-order valence-electron chi connectivity index (χ0n) is 8.91. The van der Waals surface area contributed by atoms with Gasteiger partial charge >= 0.3 is 5.97 Å². The van der Waals surface area contributed by atoms with E-state index in [0.717, 1.165) is 11.3 Å². The molecule has 90 valence electrons. The maximum absolute atomic E-state index is 12.1. The van der Waals surface area contributed by atoms with Crippen LogP contribution in [-0.4, -0.2) is 36.1 Å². The lowest BCUT2D eigenvalue weighted by Gasteiger charge is -2.14. The largest absolute Gasteiger partial charge is 0.477 e. The second-order valence-corrected chi connectivity index (χ2v) is 4.18. The first-order chi connectivity index (χ1) is 7.45. The lowest BCUT2D eigenvalue weighted by Crippen LogP contribution is -2.23. The van der Waals surface area contributed by atoms with E-state index in [4.69, 9.17) is 5.11 Å². The number of aromatic carboxylic acids is 1. The molecular formula is C9H12F2N2O2S. The van der Waals surface area contributed by atoms with Gasteiger partial charge in [-0.15, -0.1) is 0 Å². The van der Waals surface area contributed by atoms with Gasteiger partial charge in [-0.2, -0.15) is 0 Å². The fourth-order valence-electron chi connectivity index (χ4n) is 1.19. The van der Waals surface area contributed by atoms with Crippen LogP contribution in [0.4, 0.5) is 13.9 Å². The lowest BCUT2D eigenvalue weighted by atomic mass is 10.3. The van der Waals surface area contributed by atoms with E-state index in [1.54, 1.807) is 6.92 Å². The molecule has 0 amide bonds. The van der Waals surface area contributed by atoms with Crippen LogP contribution in [0.3, 0.4) is 0 Å². The second-order valence-electron chi connectivity index (χ2n) is 3.20. The van der Waals surface area contributed by atoms with E-state index in [0.29, 0.717) is 17.2 Å². The molecule has 1 N–H and O–H groups in total. The third-order valence-electron chi connectivity index (χ3n) is 1.95. The Morgan fingerprint density at radius 3 is 2.62 bits per heavy atom. The maximum atomic E-state index is 12.1. The molecule has 0 aliphatic heterocycles. The summed E-state index contributed by atoms with van der Waals surface area (Å²) in [4.78, 5) is 16.3. The third kappa shape index (κ3) is 2.88. The molecule has 0 fully saturated rings. The quantitative estimate of drug-likeness (QED) is 0.869. The van der Waals surface area contributed by atoms with Gasteiger partial charge in [0, 0.05) is 7.05 Å². The van der Waals surface area contributed by atoms with E-state index in [-0.39, 0.29) is 4.88 Å². The number of carboxylic acids is 1. The number of rotatable bonds is 5. The summed E-state index contributed by atoms with van der Waals surface area (Å²) >= 11 is 0.924. The summed E-state index contributed by atoms with van der Waals surface area (Å²) in [6.07, 6.45) is -1.99. The number of hydrogen-bond acceptors (Lipinski definition) is 4. The van der Waals surface area contributed by atoms with Gasteiger partial charge in [0.1, 0.15) is 4.88 Å². The van der Waals surface area contributed by atoms with Crippen LogP contribution in [0.15, 0.2) is 0 Å². The van der Waals surface area contributed by atoms with E-state index in [1.165, 1.54) is 11.9 Å². The molecule has 0 unspecified atom stereocenters. The number of aromatic nitrogens is 1. The number of hydrogen-bond donors (Lipinski definition) is 1. The highest BCUT2D eigenvalue weighted by molar-refractivity contribution is 7.17.